The first-order valence-corrected chi connectivity index (χ1v) is 6.43. The largest absolute Gasteiger partial charge is 0.367 e. The summed E-state index contributed by atoms with van der Waals surface area (Å²) < 4.78 is 6.39. The zero-order chi connectivity index (χ0) is 10.7. The molecule has 4 atom stereocenters. The van der Waals surface area contributed by atoms with Crippen molar-refractivity contribution in [3.8, 4) is 0 Å². The first-order valence-electron chi connectivity index (χ1n) is 6.43. The van der Waals surface area contributed by atoms with Gasteiger partial charge in [0, 0.05) is 5.41 Å². The van der Waals surface area contributed by atoms with Gasteiger partial charge in [-0.25, -0.2) is 0 Å². The molecule has 3 aliphatic rings. The van der Waals surface area contributed by atoms with E-state index < -0.39 is 0 Å². The van der Waals surface area contributed by atoms with E-state index >= 15 is 0 Å². The monoisotopic (exact) mass is 206 g/mol. The second-order valence-electron chi connectivity index (χ2n) is 6.17. The third kappa shape index (κ3) is 1.08. The van der Waals surface area contributed by atoms with Crippen molar-refractivity contribution in [3.05, 3.63) is 12.2 Å². The van der Waals surface area contributed by atoms with Gasteiger partial charge in [0.15, 0.2) is 0 Å². The molecule has 3 rings (SSSR count). The van der Waals surface area contributed by atoms with Gasteiger partial charge in [-0.3, -0.25) is 0 Å². The summed E-state index contributed by atoms with van der Waals surface area (Å²) in [6, 6.07) is 0. The van der Waals surface area contributed by atoms with E-state index in [4.69, 9.17) is 4.74 Å². The topological polar surface area (TPSA) is 9.23 Å². The summed E-state index contributed by atoms with van der Waals surface area (Å²) in [5.74, 6) is 0.799. The lowest BCUT2D eigenvalue weighted by Crippen LogP contribution is -2.51. The Kier molecular flexibility index (Phi) is 1.90. The van der Waals surface area contributed by atoms with Gasteiger partial charge in [-0.05, 0) is 56.9 Å². The first kappa shape index (κ1) is 9.89. The SMILES string of the molecule is C=C1CCCC2(C)CCC3CC12OC3C. The highest BCUT2D eigenvalue weighted by molar-refractivity contribution is 5.27. The maximum atomic E-state index is 6.39. The van der Waals surface area contributed by atoms with Crippen LogP contribution in [0, 0.1) is 11.3 Å². The molecule has 1 spiro atoms. The molecule has 1 heteroatoms. The predicted octanol–water partition coefficient (Wildman–Crippen LogP) is 3.69. The number of fused-ring (bicyclic) bond motifs is 1. The Morgan fingerprint density at radius 2 is 2.20 bits per heavy atom. The highest BCUT2D eigenvalue weighted by Crippen LogP contribution is 2.62. The molecule has 0 amide bonds. The van der Waals surface area contributed by atoms with E-state index in [2.05, 4.69) is 20.4 Å². The average molecular weight is 206 g/mol. The first-order chi connectivity index (χ1) is 7.07. The van der Waals surface area contributed by atoms with Crippen LogP contribution in [-0.2, 0) is 4.74 Å². The van der Waals surface area contributed by atoms with Gasteiger partial charge in [0.05, 0.1) is 11.7 Å². The zero-order valence-electron chi connectivity index (χ0n) is 10.0. The van der Waals surface area contributed by atoms with E-state index in [0.29, 0.717) is 11.5 Å². The summed E-state index contributed by atoms with van der Waals surface area (Å²) >= 11 is 0. The van der Waals surface area contributed by atoms with Gasteiger partial charge in [0.1, 0.15) is 0 Å². The van der Waals surface area contributed by atoms with E-state index in [9.17, 15) is 0 Å². The van der Waals surface area contributed by atoms with Crippen molar-refractivity contribution >= 4 is 0 Å². The zero-order valence-corrected chi connectivity index (χ0v) is 10.0. The summed E-state index contributed by atoms with van der Waals surface area (Å²) in [6.07, 6.45) is 8.28. The van der Waals surface area contributed by atoms with E-state index in [-0.39, 0.29) is 5.60 Å². The van der Waals surface area contributed by atoms with Gasteiger partial charge in [0.2, 0.25) is 0 Å². The van der Waals surface area contributed by atoms with Crippen molar-refractivity contribution < 1.29 is 4.74 Å². The molecule has 84 valence electrons. The Morgan fingerprint density at radius 3 is 3.00 bits per heavy atom. The lowest BCUT2D eigenvalue weighted by molar-refractivity contribution is -0.105. The van der Waals surface area contributed by atoms with Gasteiger partial charge < -0.3 is 4.74 Å². The molecule has 1 saturated heterocycles. The summed E-state index contributed by atoms with van der Waals surface area (Å²) in [5, 5.41) is 0. The fraction of sp³-hybridized carbons (Fsp3) is 0.857. The molecular formula is C14H22O. The number of rotatable bonds is 0. The molecule has 1 heterocycles. The van der Waals surface area contributed by atoms with Crippen LogP contribution < -0.4 is 0 Å². The van der Waals surface area contributed by atoms with Crippen molar-refractivity contribution in [1.82, 2.24) is 0 Å². The molecule has 0 N–H and O–H groups in total. The van der Waals surface area contributed by atoms with Crippen LogP contribution >= 0.6 is 0 Å². The highest BCUT2D eigenvalue weighted by Gasteiger charge is 2.61. The summed E-state index contributed by atoms with van der Waals surface area (Å²) in [6.45, 7) is 9.02. The molecule has 1 aliphatic heterocycles. The second-order valence-corrected chi connectivity index (χ2v) is 6.17. The molecular weight excluding hydrogens is 184 g/mol. The van der Waals surface area contributed by atoms with Crippen molar-refractivity contribution in [1.29, 1.82) is 0 Å². The third-order valence-corrected chi connectivity index (χ3v) is 5.42. The summed E-state index contributed by atoms with van der Waals surface area (Å²) in [4.78, 5) is 0. The Balaban J connectivity index is 2.05. The molecule has 0 aromatic carbocycles. The molecule has 3 fully saturated rings. The fourth-order valence-electron chi connectivity index (χ4n) is 4.30. The van der Waals surface area contributed by atoms with Crippen LogP contribution in [-0.4, -0.2) is 11.7 Å². The Labute approximate surface area is 92.9 Å². The summed E-state index contributed by atoms with van der Waals surface area (Å²) in [5.41, 5.74) is 1.85. The van der Waals surface area contributed by atoms with Gasteiger partial charge in [-0.15, -0.1) is 0 Å². The standard InChI is InChI=1S/C14H22O/c1-10-5-4-7-13(3)8-6-12-9-14(10,13)15-11(12)2/h11-12H,1,4-9H2,2-3H3. The normalized spacial score (nSPS) is 54.1. The van der Waals surface area contributed by atoms with E-state index in [1.807, 2.05) is 0 Å². The van der Waals surface area contributed by atoms with Crippen LogP contribution in [0.15, 0.2) is 12.2 Å². The van der Waals surface area contributed by atoms with Crippen LogP contribution in [0.5, 0.6) is 0 Å². The van der Waals surface area contributed by atoms with Gasteiger partial charge in [-0.2, -0.15) is 0 Å². The minimum atomic E-state index is 0.0631. The van der Waals surface area contributed by atoms with Crippen molar-refractivity contribution in [2.45, 2.75) is 64.1 Å². The van der Waals surface area contributed by atoms with Gasteiger partial charge in [-0.1, -0.05) is 13.5 Å². The average Bonchev–Trinajstić information content (AvgIpc) is 2.48. The molecule has 0 radical (unpaired) electrons. The molecule has 0 aromatic rings. The van der Waals surface area contributed by atoms with Gasteiger partial charge in [0.25, 0.3) is 0 Å². The molecule has 1 nitrogen and oxygen atoms in total. The molecule has 15 heavy (non-hydrogen) atoms. The van der Waals surface area contributed by atoms with Crippen molar-refractivity contribution in [3.63, 3.8) is 0 Å². The smallest absolute Gasteiger partial charge is 0.0949 e. The lowest BCUT2D eigenvalue weighted by Gasteiger charge is -2.52. The maximum absolute atomic E-state index is 6.39. The van der Waals surface area contributed by atoms with Crippen LogP contribution in [0.1, 0.15) is 52.4 Å². The van der Waals surface area contributed by atoms with Crippen LogP contribution in [0.2, 0.25) is 0 Å². The van der Waals surface area contributed by atoms with Crippen LogP contribution in [0.4, 0.5) is 0 Å². The number of ether oxygens (including phenoxy) is 1. The van der Waals surface area contributed by atoms with Gasteiger partial charge >= 0.3 is 0 Å². The highest BCUT2D eigenvalue weighted by atomic mass is 16.5. The number of hydrogen-bond acceptors (Lipinski definition) is 1. The van der Waals surface area contributed by atoms with E-state index in [0.717, 1.165) is 5.92 Å². The second kappa shape index (κ2) is 2.88. The minimum absolute atomic E-state index is 0.0631. The Morgan fingerprint density at radius 1 is 1.40 bits per heavy atom. The quantitative estimate of drug-likeness (QED) is 0.549. The molecule has 2 aliphatic carbocycles. The van der Waals surface area contributed by atoms with E-state index in [1.165, 1.54) is 44.1 Å². The van der Waals surface area contributed by atoms with E-state index in [1.54, 1.807) is 0 Å². The predicted molar refractivity (Wildman–Crippen MR) is 61.7 cm³/mol. The summed E-state index contributed by atoms with van der Waals surface area (Å²) in [7, 11) is 0. The fourth-order valence-corrected chi connectivity index (χ4v) is 4.30. The number of hydrogen-bond donors (Lipinski definition) is 0. The maximum Gasteiger partial charge on any atom is 0.0949 e. The molecule has 4 unspecified atom stereocenters. The van der Waals surface area contributed by atoms with Crippen molar-refractivity contribution in [2.75, 3.05) is 0 Å². The van der Waals surface area contributed by atoms with Crippen LogP contribution in [0.25, 0.3) is 0 Å². The van der Waals surface area contributed by atoms with Crippen LogP contribution in [0.3, 0.4) is 0 Å². The van der Waals surface area contributed by atoms with Crippen molar-refractivity contribution in [2.24, 2.45) is 11.3 Å². The molecule has 2 saturated carbocycles. The lowest BCUT2D eigenvalue weighted by atomic mass is 9.55. The molecule has 2 bridgehead atoms. The third-order valence-electron chi connectivity index (χ3n) is 5.42. The molecule has 0 aromatic heterocycles. The minimum Gasteiger partial charge on any atom is -0.367 e. The Bertz CT molecular complexity index is 304. The Hall–Kier alpha value is -0.300.